The molecule has 4 atom stereocenters. The zero-order chi connectivity index (χ0) is 29.0. The predicted molar refractivity (Wildman–Crippen MR) is 153 cm³/mol. The average molecular weight is 544 g/mol. The summed E-state index contributed by atoms with van der Waals surface area (Å²) in [6.45, 7) is 5.40. The number of carboxylic acid groups (broad SMARTS) is 2. The number of nitrogens with zero attached hydrogens (tertiary/aromatic N) is 1. The van der Waals surface area contributed by atoms with Gasteiger partial charge in [-0.25, -0.2) is 0 Å². The molecule has 7 heteroatoms. The maximum absolute atomic E-state index is 12.4. The van der Waals surface area contributed by atoms with Gasteiger partial charge in [0, 0.05) is 12.8 Å². The minimum atomic E-state index is -1.78. The van der Waals surface area contributed by atoms with Gasteiger partial charge in [0.15, 0.2) is 5.54 Å². The largest absolute Gasteiger partial charge is 0.544 e. The fourth-order valence-electron chi connectivity index (χ4n) is 6.02. The van der Waals surface area contributed by atoms with E-state index in [0.717, 1.165) is 19.3 Å². The van der Waals surface area contributed by atoms with E-state index in [1.165, 1.54) is 90.4 Å². The quantitative estimate of drug-likeness (QED) is 0.0967. The zero-order valence-electron chi connectivity index (χ0n) is 25.4. The molecular formula is C31H61NO6. The van der Waals surface area contributed by atoms with E-state index >= 15 is 0 Å². The van der Waals surface area contributed by atoms with Crippen LogP contribution in [0.1, 0.15) is 149 Å². The molecule has 0 saturated carbocycles. The van der Waals surface area contributed by atoms with Gasteiger partial charge >= 0.3 is 5.97 Å². The Hall–Kier alpha value is -1.18. The summed E-state index contributed by atoms with van der Waals surface area (Å²) in [5, 5.41) is 42.1. The van der Waals surface area contributed by atoms with Crippen molar-refractivity contribution >= 4 is 11.9 Å². The molecule has 0 aromatic carbocycles. The molecule has 0 amide bonds. The molecule has 38 heavy (non-hydrogen) atoms. The van der Waals surface area contributed by atoms with Gasteiger partial charge in [0.25, 0.3) is 0 Å². The number of hydrogen-bond donors (Lipinski definition) is 3. The molecular weight excluding hydrogens is 482 g/mol. The summed E-state index contributed by atoms with van der Waals surface area (Å²) in [5.74, 6) is -2.70. The molecule has 0 aromatic heterocycles. The molecule has 7 nitrogen and oxygen atoms in total. The van der Waals surface area contributed by atoms with Crippen LogP contribution in [0, 0.1) is 0 Å². The summed E-state index contributed by atoms with van der Waals surface area (Å²) < 4.78 is -0.143. The van der Waals surface area contributed by atoms with Crippen molar-refractivity contribution in [3.05, 3.63) is 0 Å². The maximum atomic E-state index is 12.4. The number of unbranched alkanes of at least 4 members (excludes halogenated alkanes) is 15. The number of carbonyl (C=O) groups is 2. The molecule has 0 aliphatic heterocycles. The van der Waals surface area contributed by atoms with Crippen LogP contribution >= 0.6 is 0 Å². The van der Waals surface area contributed by atoms with E-state index in [1.807, 2.05) is 0 Å². The first-order valence-electron chi connectivity index (χ1n) is 15.5. The second-order valence-electron chi connectivity index (χ2n) is 12.3. The standard InChI is InChI=1S/C31H61NO6/c1-6-7-8-9-10-11-12-13-14-15-16-17-18-19-20-21-22-28(23-26(2)33)32(4,5)31(30(37)38,24-27(3)34)25-29(35)36/h26-28,33-34H,6-25H2,1-5H3,(H-,35,36,37,38). The number of rotatable bonds is 26. The number of carboxylic acids is 2. The van der Waals surface area contributed by atoms with Crippen LogP contribution in [0.3, 0.4) is 0 Å². The lowest BCUT2D eigenvalue weighted by Crippen LogP contribution is -2.72. The van der Waals surface area contributed by atoms with Gasteiger partial charge in [0.05, 0.1) is 32.3 Å². The first-order chi connectivity index (χ1) is 17.9. The van der Waals surface area contributed by atoms with Crippen LogP contribution in [0.5, 0.6) is 0 Å². The van der Waals surface area contributed by atoms with Gasteiger partial charge in [-0.2, -0.15) is 0 Å². The summed E-state index contributed by atoms with van der Waals surface area (Å²) in [7, 11) is 3.42. The first kappa shape index (κ1) is 36.8. The third kappa shape index (κ3) is 14.8. The molecule has 0 aliphatic rings. The van der Waals surface area contributed by atoms with E-state index in [9.17, 15) is 30.0 Å². The SMILES string of the molecule is CCCCCCCCCCCCCCCCCCC(CC(C)O)[N+](C)(C)C(CC(=O)O)(CC(C)O)C(=O)[O-]. The molecule has 3 N–H and O–H groups in total. The van der Waals surface area contributed by atoms with Crippen molar-refractivity contribution in [1.82, 2.24) is 0 Å². The number of likely N-dealkylation sites (N-methyl/N-ethyl adjacent to an activating group) is 1. The lowest BCUT2D eigenvalue weighted by atomic mass is 9.81. The smallest absolute Gasteiger partial charge is 0.310 e. The second kappa shape index (κ2) is 20.7. The van der Waals surface area contributed by atoms with Gasteiger partial charge in [-0.1, -0.05) is 103 Å². The first-order valence-corrected chi connectivity index (χ1v) is 15.5. The van der Waals surface area contributed by atoms with Crippen molar-refractivity contribution in [2.24, 2.45) is 0 Å². The summed E-state index contributed by atoms with van der Waals surface area (Å²) in [6.07, 6.45) is 19.0. The van der Waals surface area contributed by atoms with Crippen molar-refractivity contribution in [3.8, 4) is 0 Å². The van der Waals surface area contributed by atoms with E-state index in [0.29, 0.717) is 12.8 Å². The van der Waals surface area contributed by atoms with Gasteiger partial charge in [-0.15, -0.1) is 0 Å². The highest BCUT2D eigenvalue weighted by Crippen LogP contribution is 2.36. The minimum Gasteiger partial charge on any atom is -0.544 e. The molecule has 0 radical (unpaired) electrons. The number of quaternary nitrogens is 1. The molecule has 0 heterocycles. The fourth-order valence-corrected chi connectivity index (χ4v) is 6.02. The van der Waals surface area contributed by atoms with Crippen LogP contribution < -0.4 is 5.11 Å². The highest BCUT2D eigenvalue weighted by molar-refractivity contribution is 5.82. The lowest BCUT2D eigenvalue weighted by Gasteiger charge is -2.53. The summed E-state index contributed by atoms with van der Waals surface area (Å²) >= 11 is 0. The van der Waals surface area contributed by atoms with Crippen molar-refractivity contribution in [2.75, 3.05) is 14.1 Å². The molecule has 4 unspecified atom stereocenters. The highest BCUT2D eigenvalue weighted by atomic mass is 16.4. The molecule has 0 bridgehead atoms. The van der Waals surface area contributed by atoms with Crippen LogP contribution in [-0.2, 0) is 9.59 Å². The Morgan fingerprint density at radius 3 is 1.45 bits per heavy atom. The Morgan fingerprint density at radius 2 is 1.13 bits per heavy atom. The number of aliphatic hydroxyl groups excluding tert-OH is 2. The third-order valence-corrected chi connectivity index (χ3v) is 8.48. The number of hydrogen-bond acceptors (Lipinski definition) is 5. The second-order valence-corrected chi connectivity index (χ2v) is 12.3. The van der Waals surface area contributed by atoms with E-state index in [1.54, 1.807) is 21.0 Å². The van der Waals surface area contributed by atoms with E-state index in [-0.39, 0.29) is 16.9 Å². The van der Waals surface area contributed by atoms with E-state index < -0.39 is 36.1 Å². The van der Waals surface area contributed by atoms with E-state index in [2.05, 4.69) is 6.92 Å². The molecule has 226 valence electrons. The molecule has 0 rings (SSSR count). The lowest BCUT2D eigenvalue weighted by molar-refractivity contribution is -0.958. The molecule has 0 aromatic rings. The summed E-state index contributed by atoms with van der Waals surface area (Å²) in [6, 6.07) is -0.266. The van der Waals surface area contributed by atoms with Crippen molar-refractivity contribution < 1.29 is 34.5 Å². The summed E-state index contributed by atoms with van der Waals surface area (Å²) in [4.78, 5) is 24.1. The Morgan fingerprint density at radius 1 is 0.737 bits per heavy atom. The van der Waals surface area contributed by atoms with Crippen LogP contribution in [0.2, 0.25) is 0 Å². The minimum absolute atomic E-state index is 0.143. The van der Waals surface area contributed by atoms with Crippen LogP contribution in [0.4, 0.5) is 0 Å². The number of aliphatic carboxylic acids is 2. The predicted octanol–water partition coefficient (Wildman–Crippen LogP) is 5.59. The van der Waals surface area contributed by atoms with Gasteiger partial charge in [0.2, 0.25) is 0 Å². The topological polar surface area (TPSA) is 118 Å². The Labute approximate surface area is 233 Å². The average Bonchev–Trinajstić information content (AvgIpc) is 2.81. The monoisotopic (exact) mass is 543 g/mol. The van der Waals surface area contributed by atoms with Crippen LogP contribution in [0.25, 0.3) is 0 Å². The molecule has 0 spiro atoms. The van der Waals surface area contributed by atoms with Gasteiger partial charge in [0.1, 0.15) is 12.4 Å². The Bertz CT molecular complexity index is 621. The molecule has 0 fully saturated rings. The summed E-state index contributed by atoms with van der Waals surface area (Å²) in [5.41, 5.74) is -1.78. The van der Waals surface area contributed by atoms with Gasteiger partial charge < -0.3 is 29.7 Å². The molecule has 0 saturated heterocycles. The Kier molecular flexibility index (Phi) is 20.0. The van der Waals surface area contributed by atoms with Gasteiger partial charge in [-0.05, 0) is 26.7 Å². The van der Waals surface area contributed by atoms with Crippen molar-refractivity contribution in [1.29, 1.82) is 0 Å². The fraction of sp³-hybridized carbons (Fsp3) is 0.935. The van der Waals surface area contributed by atoms with Crippen molar-refractivity contribution in [3.63, 3.8) is 0 Å². The van der Waals surface area contributed by atoms with Gasteiger partial charge in [-0.3, -0.25) is 4.79 Å². The van der Waals surface area contributed by atoms with Crippen molar-refractivity contribution in [2.45, 2.75) is 173 Å². The van der Waals surface area contributed by atoms with Crippen LogP contribution in [-0.4, -0.2) is 69.6 Å². The maximum Gasteiger partial charge on any atom is 0.310 e. The zero-order valence-corrected chi connectivity index (χ0v) is 25.4. The molecule has 0 aliphatic carbocycles. The normalized spacial score (nSPS) is 16.1. The highest BCUT2D eigenvalue weighted by Gasteiger charge is 2.53. The number of aliphatic hydroxyl groups is 2. The number of carbonyl (C=O) groups excluding carboxylic acids is 1. The van der Waals surface area contributed by atoms with E-state index in [4.69, 9.17) is 0 Å². The Balaban J connectivity index is 4.55. The van der Waals surface area contributed by atoms with Crippen LogP contribution in [0.15, 0.2) is 0 Å². The third-order valence-electron chi connectivity index (χ3n) is 8.48.